The lowest BCUT2D eigenvalue weighted by Gasteiger charge is -2.18. The number of hydrogen-bond acceptors (Lipinski definition) is 3. The van der Waals surface area contributed by atoms with Gasteiger partial charge in [-0.3, -0.25) is 9.97 Å². The van der Waals surface area contributed by atoms with Crippen molar-refractivity contribution in [3.63, 3.8) is 0 Å². The van der Waals surface area contributed by atoms with Crippen LogP contribution in [0.4, 0.5) is 0 Å². The van der Waals surface area contributed by atoms with E-state index in [1.54, 1.807) is 0 Å². The average Bonchev–Trinajstić information content (AvgIpc) is 2.54. The van der Waals surface area contributed by atoms with Gasteiger partial charge in [-0.05, 0) is 53.4 Å². The fraction of sp³-hybridized carbons (Fsp3) is 0.176. The molecule has 0 aliphatic carbocycles. The van der Waals surface area contributed by atoms with Crippen molar-refractivity contribution in [2.24, 2.45) is 0 Å². The summed E-state index contributed by atoms with van der Waals surface area (Å²) in [5.41, 5.74) is 6.30. The Labute approximate surface area is 129 Å². The Morgan fingerprint density at radius 1 is 1.00 bits per heavy atom. The minimum atomic E-state index is 0. The number of nitrogens with one attached hydrogen (secondary N) is 1. The Bertz CT molecular complexity index is 781. The van der Waals surface area contributed by atoms with Crippen molar-refractivity contribution in [3.05, 3.63) is 60.0 Å². The van der Waals surface area contributed by atoms with E-state index in [0.717, 1.165) is 30.4 Å². The molecule has 3 aromatic rings. The summed E-state index contributed by atoms with van der Waals surface area (Å²) in [6.45, 7) is 2.05. The predicted molar refractivity (Wildman–Crippen MR) is 87.6 cm³/mol. The molecule has 0 radical (unpaired) electrons. The third-order valence-corrected chi connectivity index (χ3v) is 3.95. The average molecular weight is 298 g/mol. The number of hydrogen-bond donors (Lipinski definition) is 1. The van der Waals surface area contributed by atoms with Crippen LogP contribution in [-0.2, 0) is 13.0 Å². The first-order chi connectivity index (χ1) is 9.92. The third kappa shape index (κ3) is 2.50. The summed E-state index contributed by atoms with van der Waals surface area (Å²) < 4.78 is 0. The third-order valence-electron chi connectivity index (χ3n) is 3.95. The standard InChI is InChI=1S/C17H15N3.ClH/c1-2-13(9-14-10-18-6-3-12(1)14)15-5-8-20-17-11-19-7-4-16(15)17;/h1-2,4-5,7-9,11,18H,3,6,10H2;1H. The van der Waals surface area contributed by atoms with Crippen LogP contribution in [0.25, 0.3) is 22.0 Å². The molecule has 1 aromatic carbocycles. The van der Waals surface area contributed by atoms with Crippen molar-refractivity contribution in [1.82, 2.24) is 15.3 Å². The van der Waals surface area contributed by atoms with E-state index in [9.17, 15) is 0 Å². The summed E-state index contributed by atoms with van der Waals surface area (Å²) in [7, 11) is 0. The highest BCUT2D eigenvalue weighted by molar-refractivity contribution is 5.93. The van der Waals surface area contributed by atoms with Gasteiger partial charge in [0.2, 0.25) is 0 Å². The molecule has 0 saturated heterocycles. The number of fused-ring (bicyclic) bond motifs is 2. The van der Waals surface area contributed by atoms with Gasteiger partial charge in [0.05, 0.1) is 11.7 Å². The number of pyridine rings is 2. The molecule has 4 rings (SSSR count). The highest BCUT2D eigenvalue weighted by Gasteiger charge is 2.11. The Morgan fingerprint density at radius 3 is 2.90 bits per heavy atom. The normalized spacial score (nSPS) is 13.5. The summed E-state index contributed by atoms with van der Waals surface area (Å²) in [4.78, 5) is 8.53. The molecular formula is C17H16ClN3. The maximum absolute atomic E-state index is 4.38. The predicted octanol–water partition coefficient (Wildman–Crippen LogP) is 3.36. The molecule has 0 atom stereocenters. The van der Waals surface area contributed by atoms with Crippen LogP contribution >= 0.6 is 12.4 Å². The van der Waals surface area contributed by atoms with Gasteiger partial charge in [0.25, 0.3) is 0 Å². The largest absolute Gasteiger partial charge is 0.312 e. The maximum Gasteiger partial charge on any atom is 0.0891 e. The Hall–Kier alpha value is -1.97. The second-order valence-corrected chi connectivity index (χ2v) is 5.16. The Kier molecular flexibility index (Phi) is 3.86. The van der Waals surface area contributed by atoms with Gasteiger partial charge in [-0.15, -0.1) is 12.4 Å². The van der Waals surface area contributed by atoms with Crippen LogP contribution in [0.1, 0.15) is 11.1 Å². The zero-order valence-electron chi connectivity index (χ0n) is 11.5. The minimum Gasteiger partial charge on any atom is -0.312 e. The van der Waals surface area contributed by atoms with Crippen molar-refractivity contribution in [2.75, 3.05) is 6.54 Å². The lowest BCUT2D eigenvalue weighted by Crippen LogP contribution is -2.23. The van der Waals surface area contributed by atoms with E-state index < -0.39 is 0 Å². The molecule has 1 N–H and O–H groups in total. The summed E-state index contributed by atoms with van der Waals surface area (Å²) >= 11 is 0. The smallest absolute Gasteiger partial charge is 0.0891 e. The second kappa shape index (κ2) is 5.80. The summed E-state index contributed by atoms with van der Waals surface area (Å²) in [5, 5.41) is 4.59. The maximum atomic E-state index is 4.38. The first-order valence-corrected chi connectivity index (χ1v) is 6.93. The highest BCUT2D eigenvalue weighted by Crippen LogP contribution is 2.29. The summed E-state index contributed by atoms with van der Waals surface area (Å²) in [6, 6.07) is 10.9. The van der Waals surface area contributed by atoms with Crippen molar-refractivity contribution in [2.45, 2.75) is 13.0 Å². The molecule has 0 fully saturated rings. The van der Waals surface area contributed by atoms with Crippen LogP contribution in [0.15, 0.2) is 48.9 Å². The van der Waals surface area contributed by atoms with E-state index in [4.69, 9.17) is 0 Å². The van der Waals surface area contributed by atoms with Gasteiger partial charge in [0, 0.05) is 24.3 Å². The van der Waals surface area contributed by atoms with Gasteiger partial charge in [-0.25, -0.2) is 0 Å². The molecule has 0 saturated carbocycles. The van der Waals surface area contributed by atoms with E-state index in [1.807, 2.05) is 24.7 Å². The molecule has 2 aromatic heterocycles. The highest BCUT2D eigenvalue weighted by atomic mass is 35.5. The van der Waals surface area contributed by atoms with E-state index in [1.165, 1.54) is 22.3 Å². The topological polar surface area (TPSA) is 37.8 Å². The molecule has 3 heterocycles. The van der Waals surface area contributed by atoms with Gasteiger partial charge >= 0.3 is 0 Å². The van der Waals surface area contributed by atoms with Crippen molar-refractivity contribution >= 4 is 23.3 Å². The minimum absolute atomic E-state index is 0. The van der Waals surface area contributed by atoms with Crippen LogP contribution in [0.2, 0.25) is 0 Å². The molecule has 21 heavy (non-hydrogen) atoms. The molecule has 0 spiro atoms. The van der Waals surface area contributed by atoms with Crippen molar-refractivity contribution in [1.29, 1.82) is 0 Å². The molecule has 0 amide bonds. The zero-order valence-corrected chi connectivity index (χ0v) is 12.4. The quantitative estimate of drug-likeness (QED) is 0.748. The van der Waals surface area contributed by atoms with E-state index in [2.05, 4.69) is 39.6 Å². The molecule has 1 aliphatic rings. The number of aromatic nitrogens is 2. The lowest BCUT2D eigenvalue weighted by atomic mass is 9.94. The number of benzene rings is 1. The monoisotopic (exact) mass is 297 g/mol. The molecule has 1 aliphatic heterocycles. The second-order valence-electron chi connectivity index (χ2n) is 5.16. The molecular weight excluding hydrogens is 282 g/mol. The first kappa shape index (κ1) is 14.0. The molecule has 0 unspecified atom stereocenters. The lowest BCUT2D eigenvalue weighted by molar-refractivity contribution is 0.644. The number of rotatable bonds is 1. The van der Waals surface area contributed by atoms with Gasteiger partial charge in [0.15, 0.2) is 0 Å². The summed E-state index contributed by atoms with van der Waals surface area (Å²) in [6.07, 6.45) is 6.62. The Morgan fingerprint density at radius 2 is 1.95 bits per heavy atom. The van der Waals surface area contributed by atoms with Crippen LogP contribution in [0.5, 0.6) is 0 Å². The Balaban J connectivity index is 0.00000132. The molecule has 106 valence electrons. The van der Waals surface area contributed by atoms with Gasteiger partial charge in [-0.2, -0.15) is 0 Å². The van der Waals surface area contributed by atoms with E-state index in [-0.39, 0.29) is 12.4 Å². The van der Waals surface area contributed by atoms with Crippen LogP contribution < -0.4 is 5.32 Å². The molecule has 4 heteroatoms. The van der Waals surface area contributed by atoms with Crippen LogP contribution in [0, 0.1) is 0 Å². The summed E-state index contributed by atoms with van der Waals surface area (Å²) in [5.74, 6) is 0. The fourth-order valence-corrected chi connectivity index (χ4v) is 2.90. The van der Waals surface area contributed by atoms with E-state index >= 15 is 0 Å². The van der Waals surface area contributed by atoms with Crippen molar-refractivity contribution in [3.8, 4) is 11.1 Å². The van der Waals surface area contributed by atoms with Gasteiger partial charge in [-0.1, -0.05) is 12.1 Å². The number of halogens is 1. The van der Waals surface area contributed by atoms with Crippen LogP contribution in [-0.4, -0.2) is 16.5 Å². The fourth-order valence-electron chi connectivity index (χ4n) is 2.90. The van der Waals surface area contributed by atoms with Crippen LogP contribution in [0.3, 0.4) is 0 Å². The molecule has 3 nitrogen and oxygen atoms in total. The van der Waals surface area contributed by atoms with Crippen molar-refractivity contribution < 1.29 is 0 Å². The SMILES string of the molecule is Cl.c1cc2c(-c3ccc4c(c3)CNCC4)ccnc2cn1. The molecule has 0 bridgehead atoms. The zero-order chi connectivity index (χ0) is 13.4. The first-order valence-electron chi connectivity index (χ1n) is 6.93. The van der Waals surface area contributed by atoms with E-state index in [0.29, 0.717) is 0 Å². The van der Waals surface area contributed by atoms with Gasteiger partial charge in [0.1, 0.15) is 0 Å². The number of nitrogens with zero attached hydrogens (tertiary/aromatic N) is 2. The van der Waals surface area contributed by atoms with Gasteiger partial charge < -0.3 is 5.32 Å².